The van der Waals surface area contributed by atoms with Gasteiger partial charge in [-0.25, -0.2) is 14.4 Å². The van der Waals surface area contributed by atoms with E-state index in [1.165, 1.54) is 36.4 Å². The van der Waals surface area contributed by atoms with Gasteiger partial charge < -0.3 is 40.1 Å². The summed E-state index contributed by atoms with van der Waals surface area (Å²) in [5.74, 6) is -9.58. The van der Waals surface area contributed by atoms with Crippen molar-refractivity contribution in [3.05, 3.63) is 82.4 Å². The number of phenols is 4. The Morgan fingerprint density at radius 1 is 0.857 bits per heavy atom. The standard InChI is InChI=1S/C32H29F3N2O12/c1-2-3-11-47-30(45)19-5-4-6-21(39)25(19)27(42)26-22(40)12-17(13-23(26)41)29(44)48-24-15-37(49-31(46)32(33,34)35)14-20(24)36-28(43)16-7-9-18(38)10-8-16/h4-10,12-13,20,24,38-41H,2-3,11,14-15H2,1H3,(H,36,43). The van der Waals surface area contributed by atoms with E-state index in [1.54, 1.807) is 0 Å². The van der Waals surface area contributed by atoms with Gasteiger partial charge in [-0.15, -0.1) is 5.06 Å². The van der Waals surface area contributed by atoms with Crippen LogP contribution >= 0.6 is 0 Å². The van der Waals surface area contributed by atoms with Crippen LogP contribution in [0.1, 0.15) is 66.8 Å². The first-order chi connectivity index (χ1) is 23.1. The van der Waals surface area contributed by atoms with Crippen LogP contribution in [-0.4, -0.2) is 93.1 Å². The number of benzene rings is 3. The SMILES string of the molecule is CCCCOC(=O)c1cccc(O)c1C(=O)c1c(O)cc(C(=O)OC2CN(OC(=O)C(F)(F)F)CC2NC(=O)c2ccc(O)cc2)cc1O. The summed E-state index contributed by atoms with van der Waals surface area (Å²) in [7, 11) is 0. The monoisotopic (exact) mass is 690 g/mol. The Kier molecular flexibility index (Phi) is 11.0. The molecule has 2 unspecified atom stereocenters. The number of nitrogens with zero attached hydrogens (tertiary/aromatic N) is 1. The minimum absolute atomic E-state index is 0.0190. The van der Waals surface area contributed by atoms with E-state index in [1.807, 2.05) is 6.92 Å². The second-order valence-corrected chi connectivity index (χ2v) is 10.7. The number of hydrogen-bond donors (Lipinski definition) is 5. The van der Waals surface area contributed by atoms with Gasteiger partial charge in [-0.1, -0.05) is 19.4 Å². The Labute approximate surface area is 275 Å². The maximum Gasteiger partial charge on any atom is 0.492 e. The van der Waals surface area contributed by atoms with E-state index in [4.69, 9.17) is 9.47 Å². The number of phenolic OH excluding ortho intramolecular Hbond substituents is 4. The summed E-state index contributed by atoms with van der Waals surface area (Å²) in [6, 6.07) is 8.61. The molecule has 3 aromatic carbocycles. The van der Waals surface area contributed by atoms with Crippen LogP contribution in [0.5, 0.6) is 23.0 Å². The third kappa shape index (κ3) is 8.55. The smallest absolute Gasteiger partial charge is 0.492 e. The number of carbonyl (C=O) groups excluding carboxylic acids is 5. The molecule has 0 spiro atoms. The molecule has 0 saturated carbocycles. The van der Waals surface area contributed by atoms with Crippen LogP contribution in [0.3, 0.4) is 0 Å². The lowest BCUT2D eigenvalue weighted by Crippen LogP contribution is -2.44. The van der Waals surface area contributed by atoms with Crippen LogP contribution in [0.4, 0.5) is 13.2 Å². The topological polar surface area (TPSA) is 209 Å². The number of halogens is 3. The fraction of sp³-hybridized carbons (Fsp3) is 0.281. The van der Waals surface area contributed by atoms with Crippen molar-refractivity contribution in [3.8, 4) is 23.0 Å². The van der Waals surface area contributed by atoms with E-state index in [2.05, 4.69) is 10.2 Å². The van der Waals surface area contributed by atoms with Gasteiger partial charge in [0.05, 0.1) is 42.4 Å². The van der Waals surface area contributed by atoms with Crippen molar-refractivity contribution in [1.82, 2.24) is 10.4 Å². The molecule has 4 rings (SSSR count). The van der Waals surface area contributed by atoms with E-state index in [0.717, 1.165) is 18.2 Å². The fourth-order valence-corrected chi connectivity index (χ4v) is 4.73. The summed E-state index contributed by atoms with van der Waals surface area (Å²) in [5.41, 5.74) is -2.30. The molecule has 0 aromatic heterocycles. The average Bonchev–Trinajstić information content (AvgIpc) is 3.39. The predicted molar refractivity (Wildman–Crippen MR) is 159 cm³/mol. The molecule has 5 N–H and O–H groups in total. The van der Waals surface area contributed by atoms with E-state index in [-0.39, 0.29) is 23.5 Å². The molecule has 3 aromatic rings. The van der Waals surface area contributed by atoms with Crippen molar-refractivity contribution in [2.45, 2.75) is 38.1 Å². The van der Waals surface area contributed by atoms with Crippen LogP contribution in [0.15, 0.2) is 54.6 Å². The van der Waals surface area contributed by atoms with Crippen molar-refractivity contribution < 1.29 is 71.9 Å². The van der Waals surface area contributed by atoms with Gasteiger partial charge in [0, 0.05) is 5.56 Å². The number of amides is 1. The van der Waals surface area contributed by atoms with Gasteiger partial charge >= 0.3 is 24.1 Å². The van der Waals surface area contributed by atoms with Gasteiger partial charge in [0.25, 0.3) is 5.91 Å². The average molecular weight is 691 g/mol. The molecule has 0 bridgehead atoms. The zero-order valence-corrected chi connectivity index (χ0v) is 25.5. The minimum Gasteiger partial charge on any atom is -0.508 e. The number of rotatable bonds is 11. The largest absolute Gasteiger partial charge is 0.508 e. The first-order valence-corrected chi connectivity index (χ1v) is 14.5. The summed E-state index contributed by atoms with van der Waals surface area (Å²) in [6.07, 6.45) is -5.59. The number of alkyl halides is 3. The normalized spacial score (nSPS) is 16.1. The highest BCUT2D eigenvalue weighted by molar-refractivity contribution is 6.18. The highest BCUT2D eigenvalue weighted by Crippen LogP contribution is 2.35. The van der Waals surface area contributed by atoms with Gasteiger partial charge in [0.1, 0.15) is 34.7 Å². The summed E-state index contributed by atoms with van der Waals surface area (Å²) in [4.78, 5) is 67.7. The number of aromatic hydroxyl groups is 4. The van der Waals surface area contributed by atoms with Gasteiger partial charge in [-0.05, 0) is 55.0 Å². The fourth-order valence-electron chi connectivity index (χ4n) is 4.73. The molecule has 1 aliphatic heterocycles. The van der Waals surface area contributed by atoms with Gasteiger partial charge in [-0.3, -0.25) is 9.59 Å². The second-order valence-electron chi connectivity index (χ2n) is 10.7. The summed E-state index contributed by atoms with van der Waals surface area (Å²) >= 11 is 0. The van der Waals surface area contributed by atoms with E-state index in [0.29, 0.717) is 17.9 Å². The van der Waals surface area contributed by atoms with Crippen LogP contribution in [0, 0.1) is 0 Å². The predicted octanol–water partition coefficient (Wildman–Crippen LogP) is 3.36. The molecular formula is C32H29F3N2O12. The molecule has 0 aliphatic carbocycles. The van der Waals surface area contributed by atoms with Crippen LogP contribution < -0.4 is 5.32 Å². The van der Waals surface area contributed by atoms with Gasteiger partial charge in [-0.2, -0.15) is 13.2 Å². The Morgan fingerprint density at radius 2 is 1.51 bits per heavy atom. The van der Waals surface area contributed by atoms with Crippen molar-refractivity contribution in [2.75, 3.05) is 19.7 Å². The number of esters is 2. The number of unbranched alkanes of at least 4 members (excludes halogenated alkanes) is 1. The molecule has 1 amide bonds. The van der Waals surface area contributed by atoms with Crippen LogP contribution in [-0.2, 0) is 19.1 Å². The molecule has 0 radical (unpaired) electrons. The number of ether oxygens (including phenoxy) is 2. The van der Waals surface area contributed by atoms with Crippen molar-refractivity contribution in [1.29, 1.82) is 0 Å². The van der Waals surface area contributed by atoms with E-state index < -0.39 is 94.9 Å². The highest BCUT2D eigenvalue weighted by Gasteiger charge is 2.46. The number of nitrogens with one attached hydrogen (secondary N) is 1. The van der Waals surface area contributed by atoms with E-state index >= 15 is 0 Å². The lowest BCUT2D eigenvalue weighted by Gasteiger charge is -2.20. The van der Waals surface area contributed by atoms with Crippen LogP contribution in [0.2, 0.25) is 0 Å². The number of carbonyl (C=O) groups is 5. The second kappa shape index (κ2) is 14.9. The first kappa shape index (κ1) is 36.0. The molecule has 1 fully saturated rings. The maximum absolute atomic E-state index is 13.4. The third-order valence-corrected chi connectivity index (χ3v) is 7.16. The van der Waals surface area contributed by atoms with E-state index in [9.17, 15) is 57.6 Å². The Hall–Kier alpha value is -5.84. The number of ketones is 1. The minimum atomic E-state index is -5.36. The Morgan fingerprint density at radius 3 is 2.12 bits per heavy atom. The van der Waals surface area contributed by atoms with Crippen LogP contribution in [0.25, 0.3) is 0 Å². The summed E-state index contributed by atoms with van der Waals surface area (Å²) in [6.45, 7) is 0.677. The first-order valence-electron chi connectivity index (χ1n) is 14.5. The van der Waals surface area contributed by atoms with Crippen molar-refractivity contribution in [3.63, 3.8) is 0 Å². The molecule has 17 heteroatoms. The van der Waals surface area contributed by atoms with Crippen molar-refractivity contribution in [2.24, 2.45) is 0 Å². The molecule has 260 valence electrons. The third-order valence-electron chi connectivity index (χ3n) is 7.16. The van der Waals surface area contributed by atoms with Crippen molar-refractivity contribution >= 4 is 29.6 Å². The molecule has 1 saturated heterocycles. The Balaban J connectivity index is 1.57. The highest BCUT2D eigenvalue weighted by atomic mass is 19.4. The quantitative estimate of drug-likeness (QED) is 0.111. The number of hydroxylamine groups is 2. The molecule has 1 heterocycles. The summed E-state index contributed by atoms with van der Waals surface area (Å²) < 4.78 is 49.0. The zero-order valence-electron chi connectivity index (χ0n) is 25.5. The van der Waals surface area contributed by atoms with Gasteiger partial charge in [0.15, 0.2) is 0 Å². The van der Waals surface area contributed by atoms with Gasteiger partial charge in [0.2, 0.25) is 5.78 Å². The molecule has 2 atom stereocenters. The zero-order chi connectivity index (χ0) is 36.0. The molecule has 1 aliphatic rings. The lowest BCUT2D eigenvalue weighted by atomic mass is 9.95. The molecule has 14 nitrogen and oxygen atoms in total. The maximum atomic E-state index is 13.4. The number of hydrogen-bond acceptors (Lipinski definition) is 13. The Bertz CT molecular complexity index is 1740. The summed E-state index contributed by atoms with van der Waals surface area (Å²) in [5, 5.41) is 44.3. The lowest BCUT2D eigenvalue weighted by molar-refractivity contribution is -0.235. The molecule has 49 heavy (non-hydrogen) atoms. The molecular weight excluding hydrogens is 661 g/mol.